The largest absolute Gasteiger partial charge is 0.481 e. The van der Waals surface area contributed by atoms with E-state index in [2.05, 4.69) is 17.0 Å². The maximum Gasteiger partial charge on any atom is 0.303 e. The molecule has 4 heteroatoms. The summed E-state index contributed by atoms with van der Waals surface area (Å²) in [5, 5.41) is 19.0. The van der Waals surface area contributed by atoms with Gasteiger partial charge in [-0.2, -0.15) is 0 Å². The van der Waals surface area contributed by atoms with Crippen molar-refractivity contribution in [3.05, 3.63) is 35.9 Å². The Morgan fingerprint density at radius 2 is 1.84 bits per heavy atom. The number of benzene rings is 1. The lowest BCUT2D eigenvalue weighted by atomic mass is 9.87. The van der Waals surface area contributed by atoms with E-state index in [4.69, 9.17) is 5.11 Å². The number of carboxylic acid groups (broad SMARTS) is 1. The minimum atomic E-state index is -0.833. The van der Waals surface area contributed by atoms with E-state index >= 15 is 0 Å². The van der Waals surface area contributed by atoms with Crippen LogP contribution in [0.1, 0.15) is 31.2 Å². The number of carboxylic acids is 1. The molecule has 0 bridgehead atoms. The van der Waals surface area contributed by atoms with E-state index in [0.29, 0.717) is 19.3 Å². The Bertz CT molecular complexity index is 411. The quantitative estimate of drug-likeness (QED) is 0.851. The molecule has 0 aliphatic carbocycles. The molecule has 2 N–H and O–H groups in total. The van der Waals surface area contributed by atoms with Gasteiger partial charge in [0, 0.05) is 26.1 Å². The number of hydrogen-bond acceptors (Lipinski definition) is 3. The van der Waals surface area contributed by atoms with Crippen LogP contribution in [0.3, 0.4) is 0 Å². The molecule has 1 aromatic carbocycles. The first-order chi connectivity index (χ1) is 9.07. The third kappa shape index (κ3) is 4.33. The van der Waals surface area contributed by atoms with Crippen molar-refractivity contribution in [1.82, 2.24) is 4.90 Å². The van der Waals surface area contributed by atoms with Crippen LogP contribution in [0.15, 0.2) is 30.3 Å². The second-order valence-electron chi connectivity index (χ2n) is 5.38. The summed E-state index contributed by atoms with van der Waals surface area (Å²) in [7, 11) is 0. The summed E-state index contributed by atoms with van der Waals surface area (Å²) in [5.41, 5.74) is 0.490. The summed E-state index contributed by atoms with van der Waals surface area (Å²) in [6, 6.07) is 10.3. The molecule has 0 spiro atoms. The zero-order valence-corrected chi connectivity index (χ0v) is 11.1. The average Bonchev–Trinajstić information content (AvgIpc) is 2.41. The van der Waals surface area contributed by atoms with Gasteiger partial charge < -0.3 is 10.2 Å². The molecule has 0 atom stereocenters. The van der Waals surface area contributed by atoms with Crippen LogP contribution in [0, 0.1) is 0 Å². The molecule has 4 nitrogen and oxygen atoms in total. The molecule has 0 saturated carbocycles. The van der Waals surface area contributed by atoms with Gasteiger partial charge in [-0.25, -0.2) is 0 Å². The van der Waals surface area contributed by atoms with Crippen molar-refractivity contribution < 1.29 is 15.0 Å². The predicted octanol–water partition coefficient (Wildman–Crippen LogP) is 1.88. The van der Waals surface area contributed by atoms with Crippen LogP contribution in [-0.4, -0.2) is 39.8 Å². The van der Waals surface area contributed by atoms with Gasteiger partial charge in [-0.05, 0) is 24.8 Å². The molecule has 1 aliphatic rings. The van der Waals surface area contributed by atoms with Crippen LogP contribution < -0.4 is 0 Å². The maximum absolute atomic E-state index is 10.6. The molecule has 1 heterocycles. The number of hydrogen-bond donors (Lipinski definition) is 2. The Balaban J connectivity index is 1.80. The minimum absolute atomic E-state index is 0.0508. The van der Waals surface area contributed by atoms with Gasteiger partial charge in [0.15, 0.2) is 0 Å². The Morgan fingerprint density at radius 1 is 1.21 bits per heavy atom. The van der Waals surface area contributed by atoms with E-state index in [1.165, 1.54) is 5.56 Å². The van der Waals surface area contributed by atoms with Gasteiger partial charge >= 0.3 is 5.97 Å². The lowest BCUT2D eigenvalue weighted by molar-refractivity contribution is -0.139. The van der Waals surface area contributed by atoms with Gasteiger partial charge in [-0.1, -0.05) is 30.3 Å². The van der Waals surface area contributed by atoms with E-state index < -0.39 is 11.6 Å². The number of aliphatic carboxylic acids is 1. The van der Waals surface area contributed by atoms with Gasteiger partial charge in [0.05, 0.1) is 5.60 Å². The highest BCUT2D eigenvalue weighted by atomic mass is 16.4. The number of aliphatic hydroxyl groups is 1. The molecule has 0 amide bonds. The molecule has 1 aliphatic heterocycles. The summed E-state index contributed by atoms with van der Waals surface area (Å²) >= 11 is 0. The molecule has 1 aromatic rings. The van der Waals surface area contributed by atoms with E-state index in [9.17, 15) is 9.90 Å². The summed E-state index contributed by atoms with van der Waals surface area (Å²) in [4.78, 5) is 12.9. The number of carbonyl (C=O) groups is 1. The van der Waals surface area contributed by atoms with Crippen LogP contribution in [0.5, 0.6) is 0 Å². The first-order valence-corrected chi connectivity index (χ1v) is 6.78. The van der Waals surface area contributed by atoms with Crippen LogP contribution in [-0.2, 0) is 11.3 Å². The third-order valence-corrected chi connectivity index (χ3v) is 3.84. The fraction of sp³-hybridized carbons (Fsp3) is 0.533. The SMILES string of the molecule is O=C(O)CCC1(O)CCN(Cc2ccccc2)CC1. The summed E-state index contributed by atoms with van der Waals surface area (Å²) in [6.07, 6.45) is 1.73. The monoisotopic (exact) mass is 263 g/mol. The molecule has 19 heavy (non-hydrogen) atoms. The Hall–Kier alpha value is -1.39. The molecule has 1 fully saturated rings. The van der Waals surface area contributed by atoms with Gasteiger partial charge in [-0.3, -0.25) is 9.69 Å². The number of rotatable bonds is 5. The maximum atomic E-state index is 10.6. The zero-order valence-electron chi connectivity index (χ0n) is 11.1. The highest BCUT2D eigenvalue weighted by Crippen LogP contribution is 2.27. The first kappa shape index (κ1) is 14.0. The van der Waals surface area contributed by atoms with Crippen molar-refractivity contribution in [3.63, 3.8) is 0 Å². The molecule has 104 valence electrons. The van der Waals surface area contributed by atoms with Crippen molar-refractivity contribution in [2.24, 2.45) is 0 Å². The van der Waals surface area contributed by atoms with E-state index in [1.54, 1.807) is 0 Å². The molecule has 0 aromatic heterocycles. The van der Waals surface area contributed by atoms with Gasteiger partial charge in [0.1, 0.15) is 0 Å². The van der Waals surface area contributed by atoms with Crippen LogP contribution in [0.25, 0.3) is 0 Å². The van der Waals surface area contributed by atoms with Crippen molar-refractivity contribution >= 4 is 5.97 Å². The molecule has 2 rings (SSSR count). The lowest BCUT2D eigenvalue weighted by Gasteiger charge is -2.38. The average molecular weight is 263 g/mol. The van der Waals surface area contributed by atoms with Gasteiger partial charge in [0.2, 0.25) is 0 Å². The Kier molecular flexibility index (Phi) is 4.56. The number of piperidine rings is 1. The second kappa shape index (κ2) is 6.17. The molecule has 0 radical (unpaired) electrons. The van der Waals surface area contributed by atoms with E-state index in [-0.39, 0.29) is 6.42 Å². The summed E-state index contributed by atoms with van der Waals surface area (Å²) < 4.78 is 0. The topological polar surface area (TPSA) is 60.8 Å². The molecular formula is C15H21NO3. The fourth-order valence-electron chi connectivity index (χ4n) is 2.56. The molecular weight excluding hydrogens is 242 g/mol. The number of likely N-dealkylation sites (tertiary alicyclic amines) is 1. The van der Waals surface area contributed by atoms with Crippen LogP contribution >= 0.6 is 0 Å². The van der Waals surface area contributed by atoms with Crippen molar-refractivity contribution in [1.29, 1.82) is 0 Å². The third-order valence-electron chi connectivity index (χ3n) is 3.84. The minimum Gasteiger partial charge on any atom is -0.481 e. The normalized spacial score (nSPS) is 19.2. The second-order valence-corrected chi connectivity index (χ2v) is 5.38. The van der Waals surface area contributed by atoms with E-state index in [1.807, 2.05) is 18.2 Å². The Labute approximate surface area is 113 Å². The van der Waals surface area contributed by atoms with Crippen LogP contribution in [0.2, 0.25) is 0 Å². The highest BCUT2D eigenvalue weighted by molar-refractivity contribution is 5.66. The standard InChI is InChI=1S/C15H21NO3/c17-14(18)6-7-15(19)8-10-16(11-9-15)12-13-4-2-1-3-5-13/h1-5,19H,6-12H2,(H,17,18). The number of nitrogens with zero attached hydrogens (tertiary/aromatic N) is 1. The van der Waals surface area contributed by atoms with Crippen LogP contribution in [0.4, 0.5) is 0 Å². The highest BCUT2D eigenvalue weighted by Gasteiger charge is 2.32. The molecule has 0 unspecified atom stereocenters. The predicted molar refractivity (Wildman–Crippen MR) is 72.8 cm³/mol. The smallest absolute Gasteiger partial charge is 0.303 e. The van der Waals surface area contributed by atoms with Crippen molar-refractivity contribution in [3.8, 4) is 0 Å². The summed E-state index contributed by atoms with van der Waals surface area (Å²) in [5.74, 6) is -0.833. The zero-order chi connectivity index (χ0) is 13.7. The van der Waals surface area contributed by atoms with Crippen molar-refractivity contribution in [2.75, 3.05) is 13.1 Å². The fourth-order valence-corrected chi connectivity index (χ4v) is 2.56. The van der Waals surface area contributed by atoms with Gasteiger partial charge in [0.25, 0.3) is 0 Å². The van der Waals surface area contributed by atoms with Crippen molar-refractivity contribution in [2.45, 2.75) is 37.8 Å². The van der Waals surface area contributed by atoms with Gasteiger partial charge in [-0.15, -0.1) is 0 Å². The first-order valence-electron chi connectivity index (χ1n) is 6.78. The Morgan fingerprint density at radius 3 is 2.42 bits per heavy atom. The molecule has 1 saturated heterocycles. The lowest BCUT2D eigenvalue weighted by Crippen LogP contribution is -2.44. The van der Waals surface area contributed by atoms with E-state index in [0.717, 1.165) is 19.6 Å². The summed E-state index contributed by atoms with van der Waals surface area (Å²) in [6.45, 7) is 2.55.